The number of rotatable bonds is 5. The number of carbonyl (C=O) groups is 1. The fraction of sp³-hybridized carbons (Fsp3) is 0.600. The molecule has 1 aromatic carbocycles. The van der Waals surface area contributed by atoms with E-state index in [1.807, 2.05) is 36.0 Å². The van der Waals surface area contributed by atoms with E-state index in [1.54, 1.807) is 7.11 Å². The predicted octanol–water partition coefficient (Wildman–Crippen LogP) is 4.15. The van der Waals surface area contributed by atoms with E-state index < -0.39 is 0 Å². The lowest BCUT2D eigenvalue weighted by molar-refractivity contribution is -0.117. The number of ether oxygens (including phenoxy) is 1. The normalized spacial score (nSPS) is 25.5. The molecule has 0 aromatic heterocycles. The monoisotopic (exact) mass is 375 g/mol. The van der Waals surface area contributed by atoms with Gasteiger partial charge >= 0.3 is 0 Å². The number of amidine groups is 1. The minimum absolute atomic E-state index is 0.0402. The van der Waals surface area contributed by atoms with Crippen molar-refractivity contribution in [3.8, 4) is 5.75 Å². The van der Waals surface area contributed by atoms with Crippen LogP contribution in [0, 0.1) is 0 Å². The van der Waals surface area contributed by atoms with Crippen LogP contribution in [0.15, 0.2) is 29.3 Å². The van der Waals surface area contributed by atoms with E-state index in [9.17, 15) is 4.79 Å². The zero-order chi connectivity index (χ0) is 18.5. The minimum Gasteiger partial charge on any atom is -0.497 e. The van der Waals surface area contributed by atoms with Crippen LogP contribution in [0.1, 0.15) is 45.4 Å². The molecule has 1 aliphatic heterocycles. The third kappa shape index (κ3) is 4.72. The quantitative estimate of drug-likeness (QED) is 0.840. The van der Waals surface area contributed by atoms with Crippen LogP contribution in [0.3, 0.4) is 0 Å². The van der Waals surface area contributed by atoms with Crippen molar-refractivity contribution in [1.82, 2.24) is 4.90 Å². The second-order valence-electron chi connectivity index (χ2n) is 7.19. The Morgan fingerprint density at radius 1 is 1.27 bits per heavy atom. The summed E-state index contributed by atoms with van der Waals surface area (Å²) in [4.78, 5) is 19.7. The molecule has 1 heterocycles. The Balaban J connectivity index is 1.57. The van der Waals surface area contributed by atoms with Crippen LogP contribution >= 0.6 is 11.8 Å². The van der Waals surface area contributed by atoms with Crippen molar-refractivity contribution >= 4 is 28.5 Å². The van der Waals surface area contributed by atoms with Gasteiger partial charge in [0.15, 0.2) is 5.17 Å². The van der Waals surface area contributed by atoms with Gasteiger partial charge in [-0.15, -0.1) is 0 Å². The molecule has 1 saturated carbocycles. The average molecular weight is 376 g/mol. The van der Waals surface area contributed by atoms with Gasteiger partial charge in [-0.1, -0.05) is 37.9 Å². The highest BCUT2D eigenvalue weighted by molar-refractivity contribution is 8.14. The van der Waals surface area contributed by atoms with E-state index in [0.717, 1.165) is 16.6 Å². The van der Waals surface area contributed by atoms with Gasteiger partial charge in [0.05, 0.1) is 19.2 Å². The Hall–Kier alpha value is -1.69. The Morgan fingerprint density at radius 3 is 2.62 bits per heavy atom. The summed E-state index contributed by atoms with van der Waals surface area (Å²) in [7, 11) is 3.71. The third-order valence-corrected chi connectivity index (χ3v) is 6.56. The van der Waals surface area contributed by atoms with Crippen LogP contribution in [-0.2, 0) is 4.79 Å². The fourth-order valence-corrected chi connectivity index (χ4v) is 4.93. The van der Waals surface area contributed by atoms with E-state index in [-0.39, 0.29) is 11.9 Å². The van der Waals surface area contributed by atoms with Crippen LogP contribution < -0.4 is 10.1 Å². The number of hydrogen-bond donors (Lipinski definition) is 1. The number of aliphatic imine (C=N–C) groups is 1. The molecule has 1 saturated heterocycles. The molecule has 142 valence electrons. The van der Waals surface area contributed by atoms with Crippen molar-refractivity contribution in [3.05, 3.63) is 24.3 Å². The van der Waals surface area contributed by atoms with E-state index in [4.69, 9.17) is 9.73 Å². The number of anilines is 1. The molecule has 1 N–H and O–H groups in total. The first-order chi connectivity index (χ1) is 12.6. The zero-order valence-corrected chi connectivity index (χ0v) is 16.7. The topological polar surface area (TPSA) is 53.9 Å². The molecule has 0 spiro atoms. The van der Waals surface area contributed by atoms with Gasteiger partial charge in [0, 0.05) is 24.4 Å². The lowest BCUT2D eigenvalue weighted by Crippen LogP contribution is -2.36. The number of methoxy groups -OCH3 is 1. The number of thioether (sulfide) groups is 1. The van der Waals surface area contributed by atoms with E-state index in [0.29, 0.717) is 17.7 Å². The van der Waals surface area contributed by atoms with Crippen molar-refractivity contribution in [2.75, 3.05) is 19.5 Å². The molecule has 1 aliphatic carbocycles. The maximum Gasteiger partial charge on any atom is 0.226 e. The Bertz CT molecular complexity index is 641. The molecular formula is C20H29N3O2S. The molecule has 1 amide bonds. The van der Waals surface area contributed by atoms with Gasteiger partial charge in [0.1, 0.15) is 5.75 Å². The number of benzene rings is 1. The lowest BCUT2D eigenvalue weighted by Gasteiger charge is -2.24. The first-order valence-corrected chi connectivity index (χ1v) is 10.4. The van der Waals surface area contributed by atoms with Gasteiger partial charge in [-0.3, -0.25) is 9.79 Å². The summed E-state index contributed by atoms with van der Waals surface area (Å²) >= 11 is 1.81. The number of carbonyl (C=O) groups excluding carboxylic acids is 1. The molecular weight excluding hydrogens is 346 g/mol. The third-order valence-electron chi connectivity index (χ3n) is 5.27. The molecule has 0 radical (unpaired) electrons. The van der Waals surface area contributed by atoms with Crippen molar-refractivity contribution in [3.63, 3.8) is 0 Å². The standard InChI is InChI=1S/C20H29N3O2S/c1-14-18(13-19(24)21-16-9-11-17(25-3)12-10-16)23(2)20(26-14)22-15-7-5-4-6-8-15/h9-12,14-15,18H,4-8,13H2,1-3H3,(H,21,24)/b22-20-. The summed E-state index contributed by atoms with van der Waals surface area (Å²) in [5.74, 6) is 0.825. The number of nitrogens with zero attached hydrogens (tertiary/aromatic N) is 2. The molecule has 6 heteroatoms. The minimum atomic E-state index is 0.0402. The van der Waals surface area contributed by atoms with Crippen LogP contribution in [0.4, 0.5) is 5.69 Å². The van der Waals surface area contributed by atoms with Gasteiger partial charge in [-0.25, -0.2) is 0 Å². The smallest absolute Gasteiger partial charge is 0.226 e. The maximum atomic E-state index is 12.5. The number of hydrogen-bond acceptors (Lipinski definition) is 4. The van der Waals surface area contributed by atoms with Crippen molar-refractivity contribution in [2.24, 2.45) is 4.99 Å². The molecule has 2 atom stereocenters. The number of nitrogens with one attached hydrogen (secondary N) is 1. The molecule has 2 aliphatic rings. The molecule has 0 bridgehead atoms. The highest BCUT2D eigenvalue weighted by atomic mass is 32.2. The van der Waals surface area contributed by atoms with Crippen LogP contribution in [0.25, 0.3) is 0 Å². The Labute approximate surface area is 160 Å². The predicted molar refractivity (Wildman–Crippen MR) is 109 cm³/mol. The first-order valence-electron chi connectivity index (χ1n) is 9.48. The highest BCUT2D eigenvalue weighted by Gasteiger charge is 2.35. The van der Waals surface area contributed by atoms with Crippen LogP contribution in [0.5, 0.6) is 5.75 Å². The lowest BCUT2D eigenvalue weighted by atomic mass is 9.96. The fourth-order valence-electron chi connectivity index (χ4n) is 3.65. The Morgan fingerprint density at radius 2 is 1.96 bits per heavy atom. The Kier molecular flexibility index (Phi) is 6.46. The summed E-state index contributed by atoms with van der Waals surface area (Å²) in [6, 6.07) is 8.08. The summed E-state index contributed by atoms with van der Waals surface area (Å²) < 4.78 is 5.15. The van der Waals surface area contributed by atoms with Crippen molar-refractivity contribution < 1.29 is 9.53 Å². The van der Waals surface area contributed by atoms with Crippen molar-refractivity contribution in [2.45, 2.75) is 62.8 Å². The first kappa shape index (κ1) is 19.1. The SMILES string of the molecule is COc1ccc(NC(=O)CC2C(C)S/C(=N\C3CCCCC3)N2C)cc1. The van der Waals surface area contributed by atoms with E-state index >= 15 is 0 Å². The van der Waals surface area contributed by atoms with E-state index in [2.05, 4.69) is 24.2 Å². The molecule has 1 aromatic rings. The van der Waals surface area contributed by atoms with Gasteiger partial charge < -0.3 is 15.0 Å². The second kappa shape index (κ2) is 8.80. The molecule has 3 rings (SSSR count). The van der Waals surface area contributed by atoms with Crippen LogP contribution in [-0.4, -0.2) is 47.5 Å². The van der Waals surface area contributed by atoms with Crippen LogP contribution in [0.2, 0.25) is 0 Å². The van der Waals surface area contributed by atoms with Gasteiger partial charge in [-0.2, -0.15) is 0 Å². The average Bonchev–Trinajstić information content (AvgIpc) is 2.90. The van der Waals surface area contributed by atoms with E-state index in [1.165, 1.54) is 32.1 Å². The van der Waals surface area contributed by atoms with Gasteiger partial charge in [0.2, 0.25) is 5.91 Å². The molecule has 2 unspecified atom stereocenters. The molecule has 5 nitrogen and oxygen atoms in total. The molecule has 2 fully saturated rings. The summed E-state index contributed by atoms with van der Waals surface area (Å²) in [5, 5.41) is 4.46. The van der Waals surface area contributed by atoms with Crippen molar-refractivity contribution in [1.29, 1.82) is 0 Å². The summed E-state index contributed by atoms with van der Waals surface area (Å²) in [5.41, 5.74) is 0.799. The van der Waals surface area contributed by atoms with Gasteiger partial charge in [0.25, 0.3) is 0 Å². The number of amides is 1. The summed E-state index contributed by atoms with van der Waals surface area (Å²) in [6.07, 6.45) is 6.80. The summed E-state index contributed by atoms with van der Waals surface area (Å²) in [6.45, 7) is 2.19. The highest BCUT2D eigenvalue weighted by Crippen LogP contribution is 2.34. The second-order valence-corrected chi connectivity index (χ2v) is 8.53. The maximum absolute atomic E-state index is 12.5. The largest absolute Gasteiger partial charge is 0.497 e. The zero-order valence-electron chi connectivity index (χ0n) is 15.9. The molecule has 26 heavy (non-hydrogen) atoms. The van der Waals surface area contributed by atoms with Gasteiger partial charge in [-0.05, 0) is 37.1 Å².